The van der Waals surface area contributed by atoms with Gasteiger partial charge < -0.3 is 5.11 Å². The summed E-state index contributed by atoms with van der Waals surface area (Å²) < 4.78 is 1.38. The zero-order valence-corrected chi connectivity index (χ0v) is 8.96. The molecular weight excluding hydrogens is 325 g/mol. The van der Waals surface area contributed by atoms with E-state index in [4.69, 9.17) is 5.11 Å². The predicted octanol–water partition coefficient (Wildman–Crippen LogP) is 2.15. The summed E-state index contributed by atoms with van der Waals surface area (Å²) in [5, 5.41) is 8.62. The first kappa shape index (κ1) is 8.92. The number of hydrogen-bond donors (Lipinski definition) is 1. The fourth-order valence-corrected chi connectivity index (χ4v) is 1.41. The maximum atomic E-state index is 10.5. The maximum absolute atomic E-state index is 10.5. The lowest BCUT2D eigenvalue weighted by Crippen LogP contribution is -2.00. The fourth-order valence-electron chi connectivity index (χ4n) is 0.568. The molecule has 58 valence electrons. The standard InChI is InChI=1S/C6H3BrINO2/c7-4-2-9-1-3(5(4)8)6(10)11/h1-2H,(H,10,11). The Morgan fingerprint density at radius 2 is 2.27 bits per heavy atom. The Balaban J connectivity index is 3.27. The van der Waals surface area contributed by atoms with Gasteiger partial charge in [0.1, 0.15) is 0 Å². The van der Waals surface area contributed by atoms with Crippen LogP contribution < -0.4 is 0 Å². The highest BCUT2D eigenvalue weighted by atomic mass is 127. The van der Waals surface area contributed by atoms with E-state index >= 15 is 0 Å². The van der Waals surface area contributed by atoms with E-state index in [9.17, 15) is 4.79 Å². The number of hydrogen-bond acceptors (Lipinski definition) is 2. The van der Waals surface area contributed by atoms with Crippen LogP contribution in [0.1, 0.15) is 10.4 Å². The molecule has 3 nitrogen and oxygen atoms in total. The molecule has 0 saturated heterocycles. The molecule has 0 amide bonds. The van der Waals surface area contributed by atoms with Gasteiger partial charge in [-0.25, -0.2) is 4.79 Å². The zero-order valence-electron chi connectivity index (χ0n) is 5.21. The fraction of sp³-hybridized carbons (Fsp3) is 0. The van der Waals surface area contributed by atoms with E-state index in [-0.39, 0.29) is 5.56 Å². The molecule has 1 rings (SSSR count). The number of pyridine rings is 1. The average Bonchev–Trinajstić information content (AvgIpc) is 1.94. The minimum Gasteiger partial charge on any atom is -0.478 e. The Hall–Kier alpha value is -0.170. The first-order chi connectivity index (χ1) is 5.13. The van der Waals surface area contributed by atoms with E-state index in [1.165, 1.54) is 6.20 Å². The summed E-state index contributed by atoms with van der Waals surface area (Å²) in [6.07, 6.45) is 2.89. The number of halogens is 2. The number of rotatable bonds is 1. The lowest BCUT2D eigenvalue weighted by molar-refractivity contribution is 0.0695. The average molecular weight is 328 g/mol. The first-order valence-electron chi connectivity index (χ1n) is 2.65. The molecule has 0 fully saturated rings. The Kier molecular flexibility index (Phi) is 2.83. The molecule has 1 heterocycles. The predicted molar refractivity (Wildman–Crippen MR) is 51.6 cm³/mol. The van der Waals surface area contributed by atoms with Gasteiger partial charge in [-0.05, 0) is 38.5 Å². The third-order valence-corrected chi connectivity index (χ3v) is 3.57. The van der Waals surface area contributed by atoms with Crippen LogP contribution in [0.3, 0.4) is 0 Å². The van der Waals surface area contributed by atoms with Gasteiger partial charge in [-0.15, -0.1) is 0 Å². The summed E-state index contributed by atoms with van der Waals surface area (Å²) >= 11 is 5.13. The second-order valence-electron chi connectivity index (χ2n) is 1.79. The monoisotopic (exact) mass is 327 g/mol. The van der Waals surface area contributed by atoms with Crippen LogP contribution in [0.25, 0.3) is 0 Å². The van der Waals surface area contributed by atoms with Crippen molar-refractivity contribution in [3.05, 3.63) is 26.0 Å². The summed E-state index contributed by atoms with van der Waals surface area (Å²) in [6.45, 7) is 0. The van der Waals surface area contributed by atoms with Crippen LogP contribution in [0, 0.1) is 3.57 Å². The highest BCUT2D eigenvalue weighted by molar-refractivity contribution is 14.1. The van der Waals surface area contributed by atoms with Gasteiger partial charge in [0.25, 0.3) is 0 Å². The molecule has 0 aliphatic carbocycles. The van der Waals surface area contributed by atoms with E-state index in [1.54, 1.807) is 6.20 Å². The topological polar surface area (TPSA) is 50.2 Å². The molecule has 1 aromatic heterocycles. The lowest BCUT2D eigenvalue weighted by atomic mass is 10.3. The molecular formula is C6H3BrINO2. The number of aromatic nitrogens is 1. The Labute approximate surface area is 85.1 Å². The number of carbonyl (C=O) groups is 1. The molecule has 0 aromatic carbocycles. The van der Waals surface area contributed by atoms with Crippen molar-refractivity contribution in [1.29, 1.82) is 0 Å². The quantitative estimate of drug-likeness (QED) is 0.804. The number of aromatic carboxylic acids is 1. The van der Waals surface area contributed by atoms with Crippen molar-refractivity contribution in [2.24, 2.45) is 0 Å². The van der Waals surface area contributed by atoms with Crippen LogP contribution in [0.4, 0.5) is 0 Å². The van der Waals surface area contributed by atoms with Crippen LogP contribution in [-0.2, 0) is 0 Å². The second-order valence-corrected chi connectivity index (χ2v) is 3.72. The SMILES string of the molecule is O=C(O)c1cncc(Br)c1I. The molecule has 1 aromatic rings. The highest BCUT2D eigenvalue weighted by Gasteiger charge is 2.09. The molecule has 0 aliphatic heterocycles. The van der Waals surface area contributed by atoms with E-state index in [0.717, 1.165) is 0 Å². The van der Waals surface area contributed by atoms with Gasteiger partial charge in [0, 0.05) is 16.0 Å². The van der Waals surface area contributed by atoms with Gasteiger partial charge in [0.05, 0.1) is 10.0 Å². The largest absolute Gasteiger partial charge is 0.478 e. The molecule has 0 radical (unpaired) electrons. The van der Waals surface area contributed by atoms with Crippen molar-refractivity contribution in [1.82, 2.24) is 4.98 Å². The van der Waals surface area contributed by atoms with Crippen molar-refractivity contribution in [3.8, 4) is 0 Å². The van der Waals surface area contributed by atoms with Gasteiger partial charge in [0.15, 0.2) is 0 Å². The van der Waals surface area contributed by atoms with Crippen LogP contribution in [-0.4, -0.2) is 16.1 Å². The zero-order chi connectivity index (χ0) is 8.43. The van der Waals surface area contributed by atoms with Crippen molar-refractivity contribution in [2.75, 3.05) is 0 Å². The van der Waals surface area contributed by atoms with Crippen molar-refractivity contribution < 1.29 is 9.90 Å². The van der Waals surface area contributed by atoms with Gasteiger partial charge in [-0.3, -0.25) is 4.98 Å². The van der Waals surface area contributed by atoms with E-state index in [2.05, 4.69) is 20.9 Å². The molecule has 0 bridgehead atoms. The molecule has 0 unspecified atom stereocenters. The van der Waals surface area contributed by atoms with Gasteiger partial charge in [-0.1, -0.05) is 0 Å². The highest BCUT2D eigenvalue weighted by Crippen LogP contribution is 2.20. The summed E-state index contributed by atoms with van der Waals surface area (Å²) in [5.41, 5.74) is 0.222. The van der Waals surface area contributed by atoms with Crippen LogP contribution in [0.15, 0.2) is 16.9 Å². The minimum atomic E-state index is -0.955. The molecule has 0 spiro atoms. The normalized spacial score (nSPS) is 9.64. The summed E-state index contributed by atoms with van der Waals surface area (Å²) in [7, 11) is 0. The molecule has 0 atom stereocenters. The molecule has 11 heavy (non-hydrogen) atoms. The minimum absolute atomic E-state index is 0.222. The lowest BCUT2D eigenvalue weighted by Gasteiger charge is -1.98. The Morgan fingerprint density at radius 3 is 2.73 bits per heavy atom. The summed E-state index contributed by atoms with van der Waals surface area (Å²) in [6, 6.07) is 0. The van der Waals surface area contributed by atoms with E-state index in [0.29, 0.717) is 8.04 Å². The number of nitrogens with zero attached hydrogens (tertiary/aromatic N) is 1. The number of carboxylic acids is 1. The third kappa shape index (κ3) is 1.90. The van der Waals surface area contributed by atoms with Gasteiger partial charge in [-0.2, -0.15) is 0 Å². The van der Waals surface area contributed by atoms with Crippen LogP contribution in [0.5, 0.6) is 0 Å². The van der Waals surface area contributed by atoms with Crippen molar-refractivity contribution in [3.63, 3.8) is 0 Å². The first-order valence-corrected chi connectivity index (χ1v) is 4.52. The van der Waals surface area contributed by atoms with Crippen molar-refractivity contribution in [2.45, 2.75) is 0 Å². The second kappa shape index (κ2) is 3.48. The van der Waals surface area contributed by atoms with Crippen LogP contribution >= 0.6 is 38.5 Å². The number of carboxylic acid groups (broad SMARTS) is 1. The summed E-state index contributed by atoms with van der Waals surface area (Å²) in [4.78, 5) is 14.2. The van der Waals surface area contributed by atoms with E-state index < -0.39 is 5.97 Å². The molecule has 0 saturated carbocycles. The van der Waals surface area contributed by atoms with Crippen molar-refractivity contribution >= 4 is 44.5 Å². The Morgan fingerprint density at radius 1 is 1.64 bits per heavy atom. The molecule has 1 N–H and O–H groups in total. The maximum Gasteiger partial charge on any atom is 0.338 e. The Bertz CT molecular complexity index is 303. The van der Waals surface area contributed by atoms with Gasteiger partial charge >= 0.3 is 5.97 Å². The van der Waals surface area contributed by atoms with E-state index in [1.807, 2.05) is 22.6 Å². The smallest absolute Gasteiger partial charge is 0.338 e. The molecule has 5 heteroatoms. The van der Waals surface area contributed by atoms with Crippen LogP contribution in [0.2, 0.25) is 0 Å². The summed E-state index contributed by atoms with van der Waals surface area (Å²) in [5.74, 6) is -0.955. The molecule has 0 aliphatic rings. The third-order valence-electron chi connectivity index (χ3n) is 1.07. The van der Waals surface area contributed by atoms with Gasteiger partial charge in [0.2, 0.25) is 0 Å².